The third kappa shape index (κ3) is 6.94. The van der Waals surface area contributed by atoms with Crippen molar-refractivity contribution in [3.8, 4) is 0 Å². The molecule has 0 bridgehead atoms. The molecule has 0 atom stereocenters. The Morgan fingerprint density at radius 3 is 2.40 bits per heavy atom. The molecule has 1 heteroatoms. The van der Waals surface area contributed by atoms with Crippen LogP contribution in [0.15, 0.2) is 0 Å². The molecule has 0 spiro atoms. The zero-order valence-corrected chi connectivity index (χ0v) is 10.7. The second kappa shape index (κ2) is 8.15. The molecule has 1 nitrogen and oxygen atoms in total. The van der Waals surface area contributed by atoms with Crippen molar-refractivity contribution in [2.45, 2.75) is 77.7 Å². The normalized spacial score (nSPS) is 18.6. The molecule has 1 N–H and O–H groups in total. The highest BCUT2D eigenvalue weighted by Crippen LogP contribution is 2.17. The molecule has 0 aliphatic heterocycles. The summed E-state index contributed by atoms with van der Waals surface area (Å²) in [6, 6.07) is 0.851. The SMILES string of the molecule is CC(C)CCCCCNC1CCCCC1. The van der Waals surface area contributed by atoms with Gasteiger partial charge in [0, 0.05) is 6.04 Å². The van der Waals surface area contributed by atoms with Gasteiger partial charge in [-0.2, -0.15) is 0 Å². The second-order valence-corrected chi connectivity index (χ2v) is 5.53. The summed E-state index contributed by atoms with van der Waals surface area (Å²) in [6.45, 7) is 5.89. The number of hydrogen-bond acceptors (Lipinski definition) is 1. The lowest BCUT2D eigenvalue weighted by Crippen LogP contribution is -2.31. The molecule has 1 fully saturated rings. The first-order valence-corrected chi connectivity index (χ1v) is 7.02. The van der Waals surface area contributed by atoms with E-state index in [9.17, 15) is 0 Å². The van der Waals surface area contributed by atoms with Crippen molar-refractivity contribution in [2.75, 3.05) is 6.54 Å². The summed E-state index contributed by atoms with van der Waals surface area (Å²) in [7, 11) is 0. The Labute approximate surface area is 96.0 Å². The fourth-order valence-electron chi connectivity index (χ4n) is 2.47. The van der Waals surface area contributed by atoms with Gasteiger partial charge < -0.3 is 5.32 Å². The first kappa shape index (κ1) is 13.0. The van der Waals surface area contributed by atoms with Gasteiger partial charge in [0.1, 0.15) is 0 Å². The van der Waals surface area contributed by atoms with E-state index >= 15 is 0 Å². The summed E-state index contributed by atoms with van der Waals surface area (Å²) < 4.78 is 0. The van der Waals surface area contributed by atoms with Gasteiger partial charge in [-0.3, -0.25) is 0 Å². The van der Waals surface area contributed by atoms with E-state index in [1.807, 2.05) is 0 Å². The van der Waals surface area contributed by atoms with Gasteiger partial charge in [0.2, 0.25) is 0 Å². The van der Waals surface area contributed by atoms with Gasteiger partial charge in [-0.1, -0.05) is 52.4 Å². The third-order valence-electron chi connectivity index (χ3n) is 3.50. The summed E-state index contributed by atoms with van der Waals surface area (Å²) in [4.78, 5) is 0. The minimum atomic E-state index is 0.851. The monoisotopic (exact) mass is 211 g/mol. The molecule has 0 aromatic rings. The molecule has 1 aliphatic rings. The Kier molecular flexibility index (Phi) is 7.08. The Balaban J connectivity index is 1.83. The van der Waals surface area contributed by atoms with E-state index in [2.05, 4.69) is 19.2 Å². The lowest BCUT2D eigenvalue weighted by molar-refractivity contribution is 0.369. The van der Waals surface area contributed by atoms with Crippen LogP contribution in [0.4, 0.5) is 0 Å². The van der Waals surface area contributed by atoms with Gasteiger partial charge in [0.25, 0.3) is 0 Å². The predicted octanol–water partition coefficient (Wildman–Crippen LogP) is 4.13. The highest BCUT2D eigenvalue weighted by atomic mass is 14.9. The molecular weight excluding hydrogens is 182 g/mol. The number of rotatable bonds is 7. The van der Waals surface area contributed by atoms with Crippen LogP contribution < -0.4 is 5.32 Å². The molecule has 0 radical (unpaired) electrons. The molecule has 0 unspecified atom stereocenters. The van der Waals surface area contributed by atoms with Crippen LogP contribution in [0.2, 0.25) is 0 Å². The van der Waals surface area contributed by atoms with E-state index in [1.54, 1.807) is 0 Å². The first-order chi connectivity index (χ1) is 7.29. The van der Waals surface area contributed by atoms with E-state index in [4.69, 9.17) is 0 Å². The van der Waals surface area contributed by atoms with Crippen molar-refractivity contribution in [3.63, 3.8) is 0 Å². The van der Waals surface area contributed by atoms with E-state index < -0.39 is 0 Å². The Morgan fingerprint density at radius 2 is 1.73 bits per heavy atom. The van der Waals surface area contributed by atoms with Gasteiger partial charge in [0.05, 0.1) is 0 Å². The van der Waals surface area contributed by atoms with E-state index in [1.165, 1.54) is 64.3 Å². The van der Waals surface area contributed by atoms with Crippen LogP contribution >= 0.6 is 0 Å². The smallest absolute Gasteiger partial charge is 0.00670 e. The quantitative estimate of drug-likeness (QED) is 0.624. The highest BCUT2D eigenvalue weighted by molar-refractivity contribution is 4.71. The van der Waals surface area contributed by atoms with Crippen molar-refractivity contribution < 1.29 is 0 Å². The van der Waals surface area contributed by atoms with Crippen LogP contribution in [-0.2, 0) is 0 Å². The van der Waals surface area contributed by atoms with Crippen LogP contribution in [-0.4, -0.2) is 12.6 Å². The maximum absolute atomic E-state index is 3.71. The van der Waals surface area contributed by atoms with Crippen molar-refractivity contribution in [1.82, 2.24) is 5.32 Å². The van der Waals surface area contributed by atoms with Crippen LogP contribution in [0.1, 0.15) is 71.6 Å². The van der Waals surface area contributed by atoms with Gasteiger partial charge in [-0.15, -0.1) is 0 Å². The molecule has 0 aromatic heterocycles. The molecule has 0 aromatic carbocycles. The van der Waals surface area contributed by atoms with E-state index in [0.717, 1.165) is 12.0 Å². The van der Waals surface area contributed by atoms with Gasteiger partial charge in [-0.25, -0.2) is 0 Å². The minimum absolute atomic E-state index is 0.851. The molecule has 1 rings (SSSR count). The molecule has 0 heterocycles. The average Bonchev–Trinajstić information content (AvgIpc) is 2.24. The van der Waals surface area contributed by atoms with Crippen LogP contribution in [0.5, 0.6) is 0 Å². The Morgan fingerprint density at radius 1 is 1.00 bits per heavy atom. The summed E-state index contributed by atoms with van der Waals surface area (Å²) >= 11 is 0. The maximum Gasteiger partial charge on any atom is 0.00670 e. The summed E-state index contributed by atoms with van der Waals surface area (Å²) in [6.07, 6.45) is 12.8. The maximum atomic E-state index is 3.71. The minimum Gasteiger partial charge on any atom is -0.314 e. The molecule has 90 valence electrons. The Hall–Kier alpha value is -0.0400. The summed E-state index contributed by atoms with van der Waals surface area (Å²) in [5, 5.41) is 3.71. The van der Waals surface area contributed by atoms with E-state index in [0.29, 0.717) is 0 Å². The average molecular weight is 211 g/mol. The van der Waals surface area contributed by atoms with Crippen molar-refractivity contribution in [1.29, 1.82) is 0 Å². The lowest BCUT2D eigenvalue weighted by Gasteiger charge is -2.22. The van der Waals surface area contributed by atoms with Gasteiger partial charge in [0.15, 0.2) is 0 Å². The third-order valence-corrected chi connectivity index (χ3v) is 3.50. The lowest BCUT2D eigenvalue weighted by atomic mass is 9.95. The molecular formula is C14H29N. The molecule has 0 saturated heterocycles. The molecule has 1 saturated carbocycles. The topological polar surface area (TPSA) is 12.0 Å². The van der Waals surface area contributed by atoms with Crippen LogP contribution in [0.3, 0.4) is 0 Å². The number of unbranched alkanes of at least 4 members (excludes halogenated alkanes) is 2. The van der Waals surface area contributed by atoms with Gasteiger partial charge >= 0.3 is 0 Å². The molecule has 15 heavy (non-hydrogen) atoms. The largest absolute Gasteiger partial charge is 0.314 e. The highest BCUT2D eigenvalue weighted by Gasteiger charge is 2.11. The zero-order chi connectivity index (χ0) is 10.9. The molecule has 0 amide bonds. The number of nitrogens with one attached hydrogen (secondary N) is 1. The van der Waals surface area contributed by atoms with Crippen molar-refractivity contribution in [2.24, 2.45) is 5.92 Å². The predicted molar refractivity (Wildman–Crippen MR) is 68.2 cm³/mol. The summed E-state index contributed by atoms with van der Waals surface area (Å²) in [5.74, 6) is 0.885. The first-order valence-electron chi connectivity index (χ1n) is 7.02. The van der Waals surface area contributed by atoms with Crippen molar-refractivity contribution >= 4 is 0 Å². The fourth-order valence-corrected chi connectivity index (χ4v) is 2.47. The zero-order valence-electron chi connectivity index (χ0n) is 10.7. The second-order valence-electron chi connectivity index (χ2n) is 5.53. The summed E-state index contributed by atoms with van der Waals surface area (Å²) in [5.41, 5.74) is 0. The fraction of sp³-hybridized carbons (Fsp3) is 1.00. The Bertz CT molecular complexity index is 136. The molecule has 1 aliphatic carbocycles. The van der Waals surface area contributed by atoms with Crippen molar-refractivity contribution in [3.05, 3.63) is 0 Å². The van der Waals surface area contributed by atoms with E-state index in [-0.39, 0.29) is 0 Å². The van der Waals surface area contributed by atoms with Crippen LogP contribution in [0, 0.1) is 5.92 Å². The number of hydrogen-bond donors (Lipinski definition) is 1. The van der Waals surface area contributed by atoms with Crippen LogP contribution in [0.25, 0.3) is 0 Å². The standard InChI is InChI=1S/C14H29N/c1-13(2)9-5-4-8-12-15-14-10-6-3-7-11-14/h13-15H,3-12H2,1-2H3. The van der Waals surface area contributed by atoms with Gasteiger partial charge in [-0.05, 0) is 31.7 Å².